The van der Waals surface area contributed by atoms with Crippen LogP contribution in [0.25, 0.3) is 61.4 Å². The van der Waals surface area contributed by atoms with Gasteiger partial charge >= 0.3 is 0 Å². The summed E-state index contributed by atoms with van der Waals surface area (Å²) in [5.74, 6) is 2.27. The Bertz CT molecular complexity index is 2730. The molecule has 4 nitrogen and oxygen atoms in total. The van der Waals surface area contributed by atoms with Crippen molar-refractivity contribution in [3.63, 3.8) is 0 Å². The molecule has 0 radical (unpaired) electrons. The largest absolute Gasteiger partial charge is 0.454 e. The van der Waals surface area contributed by atoms with Gasteiger partial charge in [0.1, 0.15) is 11.3 Å². The summed E-state index contributed by atoms with van der Waals surface area (Å²) in [4.78, 5) is 10.6. The van der Waals surface area contributed by atoms with E-state index in [1.165, 1.54) is 22.3 Å². The molecule has 1 spiro atoms. The van der Waals surface area contributed by atoms with Crippen molar-refractivity contribution < 1.29 is 4.74 Å². The number of aromatic nitrogens is 3. The first-order valence-corrected chi connectivity index (χ1v) is 17.3. The standard InChI is InChI=1S/C47H29N3O/c1-3-15-30(16-4-1)40-29-41(31-17-5-2-6-18-31)49-46(48-40)50-42-25-13-9-21-34(42)35-27-28-39-45(44(35)50)51-43-26-14-12-24-38(43)47(39)36-22-10-7-19-32(36)33-20-8-11-23-37(33)47/h1-29H. The summed E-state index contributed by atoms with van der Waals surface area (Å²) in [6, 6.07) is 62.1. The van der Waals surface area contributed by atoms with Crippen LogP contribution in [0.15, 0.2) is 176 Å². The van der Waals surface area contributed by atoms with Gasteiger partial charge in [0.2, 0.25) is 5.95 Å². The SMILES string of the molecule is c1ccc(-c2cc(-c3ccccc3)nc(-n3c4ccccc4c4ccc5c(c43)Oc3ccccc3C53c4ccccc4-c4ccccc43)n2)cc1. The Balaban J connectivity index is 1.29. The normalized spacial score (nSPS) is 13.4. The Labute approximate surface area is 294 Å². The van der Waals surface area contributed by atoms with E-state index >= 15 is 0 Å². The van der Waals surface area contributed by atoms with Gasteiger partial charge in [0, 0.05) is 33.0 Å². The van der Waals surface area contributed by atoms with E-state index in [4.69, 9.17) is 14.7 Å². The lowest BCUT2D eigenvalue weighted by Gasteiger charge is -2.39. The molecule has 0 saturated heterocycles. The van der Waals surface area contributed by atoms with Crippen LogP contribution < -0.4 is 4.74 Å². The zero-order chi connectivity index (χ0) is 33.5. The fourth-order valence-electron chi connectivity index (χ4n) is 8.62. The molecule has 0 bridgehead atoms. The van der Waals surface area contributed by atoms with Crippen LogP contribution in [0.1, 0.15) is 22.3 Å². The molecule has 1 aliphatic carbocycles. The predicted molar refractivity (Wildman–Crippen MR) is 205 cm³/mol. The number of nitrogens with zero attached hydrogens (tertiary/aromatic N) is 3. The molecule has 2 aliphatic rings. The molecular formula is C47H29N3O. The van der Waals surface area contributed by atoms with Gasteiger partial charge in [0.05, 0.1) is 22.3 Å². The molecule has 0 atom stereocenters. The summed E-state index contributed by atoms with van der Waals surface area (Å²) in [5.41, 5.74) is 12.5. The average molecular weight is 652 g/mol. The number of benzene rings is 7. The van der Waals surface area contributed by atoms with Gasteiger partial charge in [-0.3, -0.25) is 4.57 Å². The molecule has 7 aromatic carbocycles. The zero-order valence-electron chi connectivity index (χ0n) is 27.5. The van der Waals surface area contributed by atoms with E-state index in [2.05, 4.69) is 168 Å². The first kappa shape index (κ1) is 28.1. The van der Waals surface area contributed by atoms with Crippen molar-refractivity contribution in [2.45, 2.75) is 5.41 Å². The van der Waals surface area contributed by atoms with Crippen molar-refractivity contribution >= 4 is 21.8 Å². The van der Waals surface area contributed by atoms with Crippen molar-refractivity contribution in [1.29, 1.82) is 0 Å². The minimum absolute atomic E-state index is 0.575. The van der Waals surface area contributed by atoms with Crippen LogP contribution in [-0.4, -0.2) is 14.5 Å². The molecule has 0 amide bonds. The van der Waals surface area contributed by atoms with Gasteiger partial charge in [-0.1, -0.05) is 158 Å². The van der Waals surface area contributed by atoms with Crippen LogP contribution in [0.4, 0.5) is 0 Å². The zero-order valence-corrected chi connectivity index (χ0v) is 27.5. The molecule has 11 rings (SSSR count). The third kappa shape index (κ3) is 3.84. The average Bonchev–Trinajstić information content (AvgIpc) is 3.70. The Hall–Kier alpha value is -6.78. The van der Waals surface area contributed by atoms with E-state index in [0.717, 1.165) is 66.9 Å². The Morgan fingerprint density at radius 3 is 1.67 bits per heavy atom. The predicted octanol–water partition coefficient (Wildman–Crippen LogP) is 11.4. The number of fused-ring (bicyclic) bond motifs is 13. The van der Waals surface area contributed by atoms with Crippen LogP contribution in [0.2, 0.25) is 0 Å². The Kier molecular flexibility index (Phi) is 5.84. The van der Waals surface area contributed by atoms with Crippen LogP contribution in [-0.2, 0) is 5.41 Å². The number of hydrogen-bond acceptors (Lipinski definition) is 3. The van der Waals surface area contributed by atoms with E-state index in [1.54, 1.807) is 0 Å². The second-order valence-corrected chi connectivity index (χ2v) is 13.3. The number of hydrogen-bond donors (Lipinski definition) is 0. The maximum Gasteiger partial charge on any atom is 0.235 e. The quantitative estimate of drug-likeness (QED) is 0.191. The van der Waals surface area contributed by atoms with Crippen molar-refractivity contribution in [1.82, 2.24) is 14.5 Å². The summed E-state index contributed by atoms with van der Waals surface area (Å²) in [6.07, 6.45) is 0. The summed E-state index contributed by atoms with van der Waals surface area (Å²) >= 11 is 0. The molecule has 9 aromatic rings. The van der Waals surface area contributed by atoms with Crippen molar-refractivity contribution in [3.8, 4) is 51.1 Å². The molecule has 51 heavy (non-hydrogen) atoms. The Morgan fingerprint density at radius 1 is 0.451 bits per heavy atom. The van der Waals surface area contributed by atoms with Crippen molar-refractivity contribution in [3.05, 3.63) is 198 Å². The van der Waals surface area contributed by atoms with E-state index in [1.807, 2.05) is 12.1 Å². The minimum Gasteiger partial charge on any atom is -0.454 e. The number of rotatable bonds is 3. The minimum atomic E-state index is -0.575. The first-order chi connectivity index (χ1) is 25.3. The lowest BCUT2D eigenvalue weighted by molar-refractivity contribution is 0.440. The van der Waals surface area contributed by atoms with Gasteiger partial charge in [-0.2, -0.15) is 0 Å². The number of para-hydroxylation sites is 2. The van der Waals surface area contributed by atoms with E-state index < -0.39 is 5.41 Å². The Morgan fingerprint density at radius 2 is 1.00 bits per heavy atom. The molecular weight excluding hydrogens is 623 g/mol. The molecule has 0 unspecified atom stereocenters. The summed E-state index contributed by atoms with van der Waals surface area (Å²) in [5, 5.41) is 2.21. The van der Waals surface area contributed by atoms with Gasteiger partial charge in [0.15, 0.2) is 5.75 Å². The lowest BCUT2D eigenvalue weighted by Crippen LogP contribution is -2.32. The fourth-order valence-corrected chi connectivity index (χ4v) is 8.62. The molecule has 2 aromatic heterocycles. The first-order valence-electron chi connectivity index (χ1n) is 17.3. The molecule has 0 N–H and O–H groups in total. The molecule has 3 heterocycles. The highest BCUT2D eigenvalue weighted by molar-refractivity contribution is 6.12. The van der Waals surface area contributed by atoms with E-state index in [-0.39, 0.29) is 0 Å². The summed E-state index contributed by atoms with van der Waals surface area (Å²) in [6.45, 7) is 0. The molecule has 1 aliphatic heterocycles. The smallest absolute Gasteiger partial charge is 0.235 e. The second kappa shape index (κ2) is 10.6. The highest BCUT2D eigenvalue weighted by Gasteiger charge is 2.51. The number of ether oxygens (including phenoxy) is 1. The van der Waals surface area contributed by atoms with Crippen LogP contribution in [0.5, 0.6) is 11.5 Å². The highest BCUT2D eigenvalue weighted by atomic mass is 16.5. The van der Waals surface area contributed by atoms with Crippen LogP contribution >= 0.6 is 0 Å². The summed E-state index contributed by atoms with van der Waals surface area (Å²) in [7, 11) is 0. The molecule has 238 valence electrons. The highest BCUT2D eigenvalue weighted by Crippen LogP contribution is 2.63. The molecule has 0 saturated carbocycles. The lowest BCUT2D eigenvalue weighted by atomic mass is 9.66. The topological polar surface area (TPSA) is 39.9 Å². The van der Waals surface area contributed by atoms with Gasteiger partial charge < -0.3 is 4.74 Å². The van der Waals surface area contributed by atoms with Crippen LogP contribution in [0, 0.1) is 0 Å². The maximum absolute atomic E-state index is 7.15. The van der Waals surface area contributed by atoms with Gasteiger partial charge in [-0.05, 0) is 40.5 Å². The third-order valence-electron chi connectivity index (χ3n) is 10.7. The third-order valence-corrected chi connectivity index (χ3v) is 10.7. The molecule has 0 fully saturated rings. The van der Waals surface area contributed by atoms with Crippen molar-refractivity contribution in [2.24, 2.45) is 0 Å². The van der Waals surface area contributed by atoms with E-state index in [0.29, 0.717) is 5.95 Å². The molecule has 4 heteroatoms. The van der Waals surface area contributed by atoms with Crippen molar-refractivity contribution in [2.75, 3.05) is 0 Å². The van der Waals surface area contributed by atoms with Gasteiger partial charge in [0.25, 0.3) is 0 Å². The van der Waals surface area contributed by atoms with Gasteiger partial charge in [-0.25, -0.2) is 9.97 Å². The summed E-state index contributed by atoms with van der Waals surface area (Å²) < 4.78 is 9.37. The maximum atomic E-state index is 7.15. The van der Waals surface area contributed by atoms with Crippen LogP contribution in [0.3, 0.4) is 0 Å². The van der Waals surface area contributed by atoms with E-state index in [9.17, 15) is 0 Å². The second-order valence-electron chi connectivity index (χ2n) is 13.3. The van der Waals surface area contributed by atoms with Gasteiger partial charge in [-0.15, -0.1) is 0 Å². The monoisotopic (exact) mass is 651 g/mol. The fraction of sp³-hybridized carbons (Fsp3) is 0.0213.